The average molecular weight is 546 g/mol. The Morgan fingerprint density at radius 3 is 2.47 bits per heavy atom. The fourth-order valence-electron chi connectivity index (χ4n) is 5.16. The van der Waals surface area contributed by atoms with Crippen molar-refractivity contribution in [3.8, 4) is 0 Å². The largest absolute Gasteiger partial charge is 0.444 e. The molecule has 1 saturated carbocycles. The van der Waals surface area contributed by atoms with Gasteiger partial charge in [-0.3, -0.25) is 0 Å². The molecule has 0 N–H and O–H groups in total. The molecule has 1 aliphatic carbocycles. The highest BCUT2D eigenvalue weighted by atomic mass is 28.3. The molecule has 0 spiro atoms. The minimum atomic E-state index is -1.14. The van der Waals surface area contributed by atoms with Gasteiger partial charge >= 0.3 is 6.09 Å². The van der Waals surface area contributed by atoms with E-state index in [9.17, 15) is 4.79 Å². The molecule has 4 rings (SSSR count). The molecule has 10 heteroatoms. The Bertz CT molecular complexity index is 1080. The number of anilines is 1. The van der Waals surface area contributed by atoms with Crippen LogP contribution in [0.25, 0.3) is 11.2 Å². The number of rotatable bonds is 8. The van der Waals surface area contributed by atoms with Crippen LogP contribution in [0.3, 0.4) is 0 Å². The van der Waals surface area contributed by atoms with E-state index in [1.807, 2.05) is 34.0 Å². The van der Waals surface area contributed by atoms with Crippen LogP contribution in [0.15, 0.2) is 12.4 Å². The fraction of sp³-hybridized carbons (Fsp3) is 0.750. The summed E-state index contributed by atoms with van der Waals surface area (Å²) in [6, 6.07) is 1.33. The van der Waals surface area contributed by atoms with Gasteiger partial charge in [-0.25, -0.2) is 14.8 Å². The lowest BCUT2D eigenvalue weighted by atomic mass is 9.84. The molecule has 1 amide bonds. The van der Waals surface area contributed by atoms with E-state index in [-0.39, 0.29) is 12.1 Å². The average Bonchev–Trinajstić information content (AvgIpc) is 3.23. The molecule has 1 aliphatic heterocycles. The molecule has 0 radical (unpaired) electrons. The number of morpholine rings is 1. The van der Waals surface area contributed by atoms with Crippen molar-refractivity contribution in [1.82, 2.24) is 19.4 Å². The molecule has 2 fully saturated rings. The SMILES string of the molecule is CN(C(=O)OC(C)(C)C)C1CCC(c2cnc3c(n2)c(N2CCOCC2)cn3COCC[Si](C)(C)C)CC1. The highest BCUT2D eigenvalue weighted by Gasteiger charge is 2.31. The maximum atomic E-state index is 12.5. The lowest BCUT2D eigenvalue weighted by Gasteiger charge is -2.35. The number of carbonyl (C=O) groups is 1. The monoisotopic (exact) mass is 545 g/mol. The second kappa shape index (κ2) is 11.9. The van der Waals surface area contributed by atoms with Gasteiger partial charge in [0.2, 0.25) is 0 Å². The molecular weight excluding hydrogens is 498 g/mol. The number of ether oxygens (including phenoxy) is 3. The molecule has 38 heavy (non-hydrogen) atoms. The smallest absolute Gasteiger partial charge is 0.410 e. The van der Waals surface area contributed by atoms with Crippen LogP contribution in [0.4, 0.5) is 10.5 Å². The van der Waals surface area contributed by atoms with Gasteiger partial charge < -0.3 is 28.6 Å². The van der Waals surface area contributed by atoms with Crippen molar-refractivity contribution in [3.63, 3.8) is 0 Å². The van der Waals surface area contributed by atoms with Crippen molar-refractivity contribution < 1.29 is 19.0 Å². The first kappa shape index (κ1) is 28.8. The van der Waals surface area contributed by atoms with Crippen molar-refractivity contribution in [1.29, 1.82) is 0 Å². The van der Waals surface area contributed by atoms with E-state index in [1.54, 1.807) is 4.90 Å². The third kappa shape index (κ3) is 7.48. The molecule has 1 saturated heterocycles. The van der Waals surface area contributed by atoms with Crippen LogP contribution in [-0.2, 0) is 20.9 Å². The molecule has 0 unspecified atom stereocenters. The molecule has 0 aromatic carbocycles. The predicted octanol–water partition coefficient (Wildman–Crippen LogP) is 5.47. The minimum absolute atomic E-state index is 0.191. The normalized spacial score (nSPS) is 21.1. The first-order valence-corrected chi connectivity index (χ1v) is 17.8. The van der Waals surface area contributed by atoms with Gasteiger partial charge in [-0.1, -0.05) is 19.6 Å². The van der Waals surface area contributed by atoms with Gasteiger partial charge in [-0.05, 0) is 52.5 Å². The molecule has 3 heterocycles. The zero-order valence-electron chi connectivity index (χ0n) is 24.5. The van der Waals surface area contributed by atoms with E-state index in [0.717, 1.165) is 87.2 Å². The van der Waals surface area contributed by atoms with Crippen molar-refractivity contribution in [2.24, 2.45) is 0 Å². The van der Waals surface area contributed by atoms with E-state index in [2.05, 4.69) is 35.3 Å². The standard InChI is InChI=1S/C28H47N5O4Si/c1-28(2,3)37-27(34)31(4)22-10-8-21(9-11-22)23-18-29-26-25(30-23)24(32-12-14-35-15-13-32)19-33(26)20-36-16-17-38(5,6)7/h18-19,21-22H,8-17,20H2,1-7H3. The van der Waals surface area contributed by atoms with E-state index >= 15 is 0 Å². The van der Waals surface area contributed by atoms with Gasteiger partial charge in [0, 0.05) is 53.0 Å². The topological polar surface area (TPSA) is 82.0 Å². The Kier molecular flexibility index (Phi) is 9.04. The second-order valence-electron chi connectivity index (χ2n) is 13.0. The van der Waals surface area contributed by atoms with E-state index in [1.165, 1.54) is 0 Å². The van der Waals surface area contributed by atoms with Crippen LogP contribution in [0.5, 0.6) is 0 Å². The Labute approximate surface area is 228 Å². The zero-order chi connectivity index (χ0) is 27.5. The summed E-state index contributed by atoms with van der Waals surface area (Å²) in [5.74, 6) is 0.337. The number of fused-ring (bicyclic) bond motifs is 1. The number of hydrogen-bond donors (Lipinski definition) is 0. The van der Waals surface area contributed by atoms with E-state index < -0.39 is 13.7 Å². The molecule has 0 bridgehead atoms. The van der Waals surface area contributed by atoms with Gasteiger partial charge in [0.25, 0.3) is 0 Å². The highest BCUT2D eigenvalue weighted by Crippen LogP contribution is 2.36. The third-order valence-corrected chi connectivity index (χ3v) is 9.19. The summed E-state index contributed by atoms with van der Waals surface area (Å²) in [4.78, 5) is 26.8. The number of amides is 1. The van der Waals surface area contributed by atoms with Crippen LogP contribution in [-0.4, -0.2) is 85.2 Å². The Morgan fingerprint density at radius 1 is 1.16 bits per heavy atom. The first-order valence-electron chi connectivity index (χ1n) is 14.1. The fourth-order valence-corrected chi connectivity index (χ4v) is 5.92. The van der Waals surface area contributed by atoms with Gasteiger partial charge in [-0.2, -0.15) is 0 Å². The number of hydrogen-bond acceptors (Lipinski definition) is 7. The van der Waals surface area contributed by atoms with Crippen molar-refractivity contribution in [2.45, 2.75) is 96.4 Å². The van der Waals surface area contributed by atoms with Crippen molar-refractivity contribution in [2.75, 3.05) is 44.9 Å². The third-order valence-electron chi connectivity index (χ3n) is 7.49. The lowest BCUT2D eigenvalue weighted by molar-refractivity contribution is 0.0182. The maximum absolute atomic E-state index is 12.5. The first-order chi connectivity index (χ1) is 17.9. The highest BCUT2D eigenvalue weighted by molar-refractivity contribution is 6.76. The van der Waals surface area contributed by atoms with E-state index in [4.69, 9.17) is 24.2 Å². The van der Waals surface area contributed by atoms with Crippen LogP contribution in [0.2, 0.25) is 25.7 Å². The summed E-state index contributed by atoms with van der Waals surface area (Å²) in [6.45, 7) is 17.2. The van der Waals surface area contributed by atoms with Crippen LogP contribution < -0.4 is 4.90 Å². The van der Waals surface area contributed by atoms with Gasteiger partial charge in [0.15, 0.2) is 5.65 Å². The molecule has 0 atom stereocenters. The second-order valence-corrected chi connectivity index (χ2v) is 18.6. The Morgan fingerprint density at radius 2 is 1.84 bits per heavy atom. The quantitative estimate of drug-likeness (QED) is 0.321. The minimum Gasteiger partial charge on any atom is -0.444 e. The number of carbonyl (C=O) groups excluding carboxylic acids is 1. The summed E-state index contributed by atoms with van der Waals surface area (Å²) in [5.41, 5.74) is 3.50. The summed E-state index contributed by atoms with van der Waals surface area (Å²) in [6.07, 6.45) is 7.68. The van der Waals surface area contributed by atoms with Crippen molar-refractivity contribution in [3.05, 3.63) is 18.1 Å². The Hall–Kier alpha value is -2.17. The van der Waals surface area contributed by atoms with Crippen LogP contribution >= 0.6 is 0 Å². The molecule has 2 aromatic heterocycles. The molecule has 2 aliphatic rings. The van der Waals surface area contributed by atoms with Gasteiger partial charge in [-0.15, -0.1) is 0 Å². The van der Waals surface area contributed by atoms with Crippen LogP contribution in [0, 0.1) is 0 Å². The van der Waals surface area contributed by atoms with Crippen molar-refractivity contribution >= 4 is 31.0 Å². The summed E-state index contributed by atoms with van der Waals surface area (Å²) in [5, 5.41) is 0. The summed E-state index contributed by atoms with van der Waals surface area (Å²) in [7, 11) is 0.715. The maximum Gasteiger partial charge on any atom is 0.410 e. The Balaban J connectivity index is 1.48. The summed E-state index contributed by atoms with van der Waals surface area (Å²) >= 11 is 0. The van der Waals surface area contributed by atoms with Gasteiger partial charge in [0.05, 0.1) is 30.8 Å². The predicted molar refractivity (Wildman–Crippen MR) is 154 cm³/mol. The number of aromatic nitrogens is 3. The molecular formula is C28H47N5O4Si. The van der Waals surface area contributed by atoms with Crippen LogP contribution in [0.1, 0.15) is 58.1 Å². The molecule has 212 valence electrons. The zero-order valence-corrected chi connectivity index (χ0v) is 25.5. The summed E-state index contributed by atoms with van der Waals surface area (Å²) < 4.78 is 19.4. The molecule has 9 nitrogen and oxygen atoms in total. The number of nitrogens with zero attached hydrogens (tertiary/aromatic N) is 5. The van der Waals surface area contributed by atoms with E-state index in [0.29, 0.717) is 12.6 Å². The molecule has 2 aromatic rings. The lowest BCUT2D eigenvalue weighted by Crippen LogP contribution is -2.42. The van der Waals surface area contributed by atoms with Gasteiger partial charge in [0.1, 0.15) is 17.8 Å².